The molecule has 3 rings (SSSR count). The molecule has 0 radical (unpaired) electrons. The summed E-state index contributed by atoms with van der Waals surface area (Å²) in [5.41, 5.74) is 1.92. The van der Waals surface area contributed by atoms with Crippen molar-refractivity contribution < 1.29 is 39.3 Å². The maximum Gasteiger partial charge on any atom is 0.326 e. The highest BCUT2D eigenvalue weighted by Gasteiger charge is 2.29. The van der Waals surface area contributed by atoms with Gasteiger partial charge in [0.15, 0.2) is 0 Å². The summed E-state index contributed by atoms with van der Waals surface area (Å²) in [4.78, 5) is 81.7. The SMILES string of the molecule is C#CCN(Cc1ccc2nc(C)[nH]c(=O)c2c1)c1ccc(C(=O)N[C@@H](CCC(=O)N(C)[C@@H](CCC(=O)O)C(=O)O)C(=O)O)cc1. The van der Waals surface area contributed by atoms with Crippen molar-refractivity contribution in [1.82, 2.24) is 20.2 Å². The molecule has 2 aromatic carbocycles. The van der Waals surface area contributed by atoms with Crippen LogP contribution in [0.25, 0.3) is 10.9 Å². The topological polar surface area (TPSA) is 210 Å². The van der Waals surface area contributed by atoms with Crippen LogP contribution in [0.3, 0.4) is 0 Å². The molecule has 0 fully saturated rings. The number of hydrogen-bond acceptors (Lipinski definition) is 8. The Bertz CT molecular complexity index is 1690. The first-order chi connectivity index (χ1) is 21.3. The number of carboxylic acids is 3. The number of nitrogens with zero attached hydrogens (tertiary/aromatic N) is 3. The first kappa shape index (κ1) is 33.8. The average molecular weight is 620 g/mol. The molecule has 14 nitrogen and oxygen atoms in total. The normalized spacial score (nSPS) is 12.0. The predicted octanol–water partition coefficient (Wildman–Crippen LogP) is 1.61. The van der Waals surface area contributed by atoms with Crippen molar-refractivity contribution in [2.45, 2.75) is 51.2 Å². The van der Waals surface area contributed by atoms with E-state index in [4.69, 9.17) is 11.5 Å². The van der Waals surface area contributed by atoms with Gasteiger partial charge in [-0.3, -0.25) is 19.2 Å². The van der Waals surface area contributed by atoms with Crippen molar-refractivity contribution in [3.8, 4) is 12.3 Å². The van der Waals surface area contributed by atoms with Crippen LogP contribution in [0.15, 0.2) is 47.3 Å². The third-order valence-electron chi connectivity index (χ3n) is 7.07. The van der Waals surface area contributed by atoms with Crippen molar-refractivity contribution in [3.05, 3.63) is 69.8 Å². The number of rotatable bonds is 15. The molecule has 14 heteroatoms. The zero-order valence-corrected chi connectivity index (χ0v) is 24.6. The minimum absolute atomic E-state index is 0.146. The molecule has 236 valence electrons. The molecule has 0 unspecified atom stereocenters. The number of aryl methyl sites for hydroxylation is 1. The van der Waals surface area contributed by atoms with E-state index in [1.807, 2.05) is 11.0 Å². The van der Waals surface area contributed by atoms with Gasteiger partial charge in [-0.15, -0.1) is 6.42 Å². The quantitative estimate of drug-likeness (QED) is 0.154. The molecular weight excluding hydrogens is 586 g/mol. The Morgan fingerprint density at radius 2 is 1.69 bits per heavy atom. The highest BCUT2D eigenvalue weighted by atomic mass is 16.4. The monoisotopic (exact) mass is 619 g/mol. The molecule has 2 atom stereocenters. The van der Waals surface area contributed by atoms with E-state index in [-0.39, 0.29) is 30.5 Å². The lowest BCUT2D eigenvalue weighted by atomic mass is 10.1. The largest absolute Gasteiger partial charge is 0.481 e. The van der Waals surface area contributed by atoms with E-state index in [1.54, 1.807) is 31.2 Å². The molecule has 0 aliphatic rings. The number of aromatic nitrogens is 2. The minimum atomic E-state index is -1.45. The van der Waals surface area contributed by atoms with Crippen molar-refractivity contribution >= 4 is 46.3 Å². The first-order valence-electron chi connectivity index (χ1n) is 13.8. The average Bonchev–Trinajstić information content (AvgIpc) is 2.98. The number of H-pyrrole nitrogens is 1. The number of aliphatic carboxylic acids is 3. The lowest BCUT2D eigenvalue weighted by Crippen LogP contribution is -2.45. The minimum Gasteiger partial charge on any atom is -0.481 e. The van der Waals surface area contributed by atoms with Gasteiger partial charge < -0.3 is 35.4 Å². The van der Waals surface area contributed by atoms with Gasteiger partial charge in [0, 0.05) is 37.7 Å². The fourth-order valence-corrected chi connectivity index (χ4v) is 4.65. The van der Waals surface area contributed by atoms with E-state index in [1.165, 1.54) is 19.2 Å². The number of fused-ring (bicyclic) bond motifs is 1. The maximum absolute atomic E-state index is 12.9. The fraction of sp³-hybridized carbons (Fsp3) is 0.323. The first-order valence-corrected chi connectivity index (χ1v) is 13.8. The van der Waals surface area contributed by atoms with Gasteiger partial charge in [0.1, 0.15) is 17.9 Å². The molecule has 0 spiro atoms. The van der Waals surface area contributed by atoms with Gasteiger partial charge >= 0.3 is 17.9 Å². The van der Waals surface area contributed by atoms with Crippen LogP contribution >= 0.6 is 0 Å². The van der Waals surface area contributed by atoms with Crippen molar-refractivity contribution in [2.24, 2.45) is 0 Å². The summed E-state index contributed by atoms with van der Waals surface area (Å²) >= 11 is 0. The highest BCUT2D eigenvalue weighted by molar-refractivity contribution is 5.97. The summed E-state index contributed by atoms with van der Waals surface area (Å²) in [6.45, 7) is 2.26. The Balaban J connectivity index is 1.66. The number of carbonyl (C=O) groups is 5. The molecule has 0 saturated heterocycles. The van der Waals surface area contributed by atoms with Crippen molar-refractivity contribution in [1.29, 1.82) is 0 Å². The molecule has 0 saturated carbocycles. The number of hydrogen-bond donors (Lipinski definition) is 5. The van der Waals surface area contributed by atoms with Crippen LogP contribution in [-0.4, -0.2) is 85.6 Å². The Hall–Kier alpha value is -5.71. The summed E-state index contributed by atoms with van der Waals surface area (Å²) in [5.74, 6) is -2.33. The van der Waals surface area contributed by atoms with Crippen molar-refractivity contribution in [2.75, 3.05) is 18.5 Å². The maximum atomic E-state index is 12.9. The second-order valence-electron chi connectivity index (χ2n) is 10.3. The highest BCUT2D eigenvalue weighted by Crippen LogP contribution is 2.20. The van der Waals surface area contributed by atoms with Crippen LogP contribution < -0.4 is 15.8 Å². The third kappa shape index (κ3) is 9.14. The van der Waals surface area contributed by atoms with E-state index in [9.17, 15) is 39.0 Å². The molecule has 1 aromatic heterocycles. The smallest absolute Gasteiger partial charge is 0.326 e. The summed E-state index contributed by atoms with van der Waals surface area (Å²) in [6.07, 6.45) is 4.07. The number of likely N-dealkylation sites (N-methyl/N-ethyl adjacent to an activating group) is 1. The number of benzene rings is 2. The lowest BCUT2D eigenvalue weighted by molar-refractivity contribution is -0.150. The third-order valence-corrected chi connectivity index (χ3v) is 7.07. The van der Waals surface area contributed by atoms with Gasteiger partial charge in [-0.05, 0) is 61.7 Å². The van der Waals surface area contributed by atoms with Gasteiger partial charge in [-0.2, -0.15) is 0 Å². The van der Waals surface area contributed by atoms with E-state index < -0.39 is 54.6 Å². The summed E-state index contributed by atoms with van der Waals surface area (Å²) < 4.78 is 0. The van der Waals surface area contributed by atoms with Gasteiger partial charge in [0.2, 0.25) is 5.91 Å². The standard InChI is InChI=1S/C31H33N5O9/c1-4-15-36(17-19-5-10-23-22(16-19)29(41)33-18(2)32-23)21-8-6-20(7-9-21)28(40)34-24(30(42)43)11-13-26(37)35(3)25(31(44)45)12-14-27(38)39/h1,5-10,16,24-25H,11-15,17H2,2-3H3,(H,34,40)(H,38,39)(H,42,43)(H,44,45)(H,32,33,41)/t24-,25-/m0/s1. The number of carboxylic acid groups (broad SMARTS) is 3. The van der Waals surface area contributed by atoms with E-state index >= 15 is 0 Å². The van der Waals surface area contributed by atoms with Gasteiger partial charge in [-0.1, -0.05) is 12.0 Å². The molecule has 0 aliphatic heterocycles. The number of carbonyl (C=O) groups excluding carboxylic acids is 2. The number of nitrogens with one attached hydrogen (secondary N) is 2. The van der Waals surface area contributed by atoms with Crippen LogP contribution in [0.5, 0.6) is 0 Å². The Labute approximate surface area is 257 Å². The predicted molar refractivity (Wildman–Crippen MR) is 163 cm³/mol. The van der Waals surface area contributed by atoms with Crippen molar-refractivity contribution in [3.63, 3.8) is 0 Å². The summed E-state index contributed by atoms with van der Waals surface area (Å²) in [7, 11) is 1.19. The molecule has 0 aliphatic carbocycles. The van der Waals surface area contributed by atoms with Crippen LogP contribution in [-0.2, 0) is 25.7 Å². The zero-order valence-electron chi connectivity index (χ0n) is 24.6. The molecular formula is C31H33N5O9. The van der Waals surface area contributed by atoms with E-state index in [0.717, 1.165) is 10.5 Å². The van der Waals surface area contributed by atoms with E-state index in [2.05, 4.69) is 21.2 Å². The van der Waals surface area contributed by atoms with Gasteiger partial charge in [0.05, 0.1) is 17.4 Å². The molecule has 1 heterocycles. The number of aromatic amines is 1. The van der Waals surface area contributed by atoms with Crippen LogP contribution in [0.4, 0.5) is 5.69 Å². The fourth-order valence-electron chi connectivity index (χ4n) is 4.65. The zero-order chi connectivity index (χ0) is 33.3. The Morgan fingerprint density at radius 3 is 2.29 bits per heavy atom. The molecule has 45 heavy (non-hydrogen) atoms. The lowest BCUT2D eigenvalue weighted by Gasteiger charge is -2.25. The second-order valence-corrected chi connectivity index (χ2v) is 10.3. The number of terminal acetylenes is 1. The second kappa shape index (κ2) is 15.1. The Morgan fingerprint density at radius 1 is 1.00 bits per heavy atom. The van der Waals surface area contributed by atoms with Gasteiger partial charge in [-0.25, -0.2) is 14.6 Å². The number of amides is 2. The molecule has 5 N–H and O–H groups in total. The van der Waals surface area contributed by atoms with Crippen LogP contribution in [0, 0.1) is 19.3 Å². The number of anilines is 1. The molecule has 0 bridgehead atoms. The molecule has 3 aromatic rings. The van der Waals surface area contributed by atoms with E-state index in [0.29, 0.717) is 29.0 Å². The summed E-state index contributed by atoms with van der Waals surface area (Å²) in [5, 5.41) is 30.6. The van der Waals surface area contributed by atoms with Gasteiger partial charge in [0.25, 0.3) is 11.5 Å². The molecule has 2 amide bonds. The van der Waals surface area contributed by atoms with Crippen LogP contribution in [0.2, 0.25) is 0 Å². The summed E-state index contributed by atoms with van der Waals surface area (Å²) in [6, 6.07) is 8.74. The Kier molecular flexibility index (Phi) is 11.4. The van der Waals surface area contributed by atoms with Crippen LogP contribution in [0.1, 0.15) is 47.4 Å².